The molecule has 0 saturated carbocycles. The number of hydrogen-bond acceptors (Lipinski definition) is 2. The van der Waals surface area contributed by atoms with Crippen LogP contribution in [0.3, 0.4) is 0 Å². The van der Waals surface area contributed by atoms with Crippen LogP contribution in [0.2, 0.25) is 0 Å². The van der Waals surface area contributed by atoms with Crippen LogP contribution in [0, 0.1) is 0 Å². The van der Waals surface area contributed by atoms with Gasteiger partial charge >= 0.3 is 5.97 Å². The second kappa shape index (κ2) is 3.18. The van der Waals surface area contributed by atoms with Gasteiger partial charge in [0.2, 0.25) is 0 Å². The molecule has 2 rings (SSSR count). The SMILES string of the molecule is O=C(O)c1cccc(C2COC2)c1. The van der Waals surface area contributed by atoms with Gasteiger partial charge in [-0.15, -0.1) is 0 Å². The Balaban J connectivity index is 2.26. The van der Waals surface area contributed by atoms with Crippen LogP contribution >= 0.6 is 0 Å². The summed E-state index contributed by atoms with van der Waals surface area (Å²) in [5.41, 5.74) is 1.41. The zero-order valence-corrected chi connectivity index (χ0v) is 7.06. The highest BCUT2D eigenvalue weighted by atomic mass is 16.5. The molecule has 0 bridgehead atoms. The Hall–Kier alpha value is -1.35. The van der Waals surface area contributed by atoms with Crippen molar-refractivity contribution in [1.29, 1.82) is 0 Å². The molecular formula is C10H10O3. The third-order valence-electron chi connectivity index (χ3n) is 2.24. The number of carbonyl (C=O) groups is 1. The van der Waals surface area contributed by atoms with Crippen LogP contribution in [0.5, 0.6) is 0 Å². The molecule has 13 heavy (non-hydrogen) atoms. The molecule has 0 radical (unpaired) electrons. The highest BCUT2D eigenvalue weighted by Gasteiger charge is 2.20. The summed E-state index contributed by atoms with van der Waals surface area (Å²) < 4.78 is 5.04. The molecule has 1 heterocycles. The summed E-state index contributed by atoms with van der Waals surface area (Å²) in [4.78, 5) is 10.7. The number of ether oxygens (including phenoxy) is 1. The quantitative estimate of drug-likeness (QED) is 0.746. The van der Waals surface area contributed by atoms with Crippen molar-refractivity contribution in [2.75, 3.05) is 13.2 Å². The van der Waals surface area contributed by atoms with E-state index in [1.807, 2.05) is 6.07 Å². The Labute approximate surface area is 76.0 Å². The van der Waals surface area contributed by atoms with Gasteiger partial charge in [-0.1, -0.05) is 12.1 Å². The number of carboxylic acid groups (broad SMARTS) is 1. The zero-order chi connectivity index (χ0) is 9.26. The first-order chi connectivity index (χ1) is 6.27. The molecule has 1 fully saturated rings. The van der Waals surface area contributed by atoms with Crippen LogP contribution in [-0.4, -0.2) is 24.3 Å². The van der Waals surface area contributed by atoms with Crippen molar-refractivity contribution in [3.8, 4) is 0 Å². The van der Waals surface area contributed by atoms with Crippen LogP contribution in [0.1, 0.15) is 21.8 Å². The van der Waals surface area contributed by atoms with E-state index >= 15 is 0 Å². The Morgan fingerprint density at radius 3 is 2.77 bits per heavy atom. The van der Waals surface area contributed by atoms with E-state index in [9.17, 15) is 4.79 Å². The summed E-state index contributed by atoms with van der Waals surface area (Å²) in [6, 6.07) is 7.04. The van der Waals surface area contributed by atoms with Gasteiger partial charge in [0.1, 0.15) is 0 Å². The third-order valence-corrected chi connectivity index (χ3v) is 2.24. The van der Waals surface area contributed by atoms with Crippen molar-refractivity contribution >= 4 is 5.97 Å². The second-order valence-corrected chi connectivity index (χ2v) is 3.16. The Bertz CT molecular complexity index is 329. The van der Waals surface area contributed by atoms with Crippen molar-refractivity contribution in [3.63, 3.8) is 0 Å². The van der Waals surface area contributed by atoms with E-state index in [2.05, 4.69) is 0 Å². The van der Waals surface area contributed by atoms with E-state index in [1.165, 1.54) is 0 Å². The van der Waals surface area contributed by atoms with E-state index in [0.717, 1.165) is 5.56 Å². The predicted molar refractivity (Wildman–Crippen MR) is 47.0 cm³/mol. The minimum Gasteiger partial charge on any atom is -0.478 e. The molecule has 3 nitrogen and oxygen atoms in total. The molecule has 0 aliphatic carbocycles. The van der Waals surface area contributed by atoms with Gasteiger partial charge < -0.3 is 9.84 Å². The lowest BCUT2D eigenvalue weighted by Gasteiger charge is -2.26. The molecule has 1 aliphatic rings. The standard InChI is InChI=1S/C10H10O3/c11-10(12)8-3-1-2-7(4-8)9-5-13-6-9/h1-4,9H,5-6H2,(H,11,12). The van der Waals surface area contributed by atoms with Crippen molar-refractivity contribution in [3.05, 3.63) is 35.4 Å². The van der Waals surface area contributed by atoms with Gasteiger partial charge in [-0.3, -0.25) is 0 Å². The maximum absolute atomic E-state index is 10.7. The van der Waals surface area contributed by atoms with Gasteiger partial charge in [-0.2, -0.15) is 0 Å². The molecular weight excluding hydrogens is 168 g/mol. The van der Waals surface area contributed by atoms with Gasteiger partial charge in [0, 0.05) is 5.92 Å². The summed E-state index contributed by atoms with van der Waals surface area (Å²) in [5, 5.41) is 8.75. The molecule has 1 aromatic rings. The van der Waals surface area contributed by atoms with Gasteiger partial charge in [0.25, 0.3) is 0 Å². The maximum atomic E-state index is 10.7. The summed E-state index contributed by atoms with van der Waals surface area (Å²) in [5.74, 6) is -0.485. The van der Waals surface area contributed by atoms with E-state index in [1.54, 1.807) is 18.2 Å². The van der Waals surface area contributed by atoms with Gasteiger partial charge in [-0.25, -0.2) is 4.79 Å². The highest BCUT2D eigenvalue weighted by Crippen LogP contribution is 2.24. The molecule has 0 atom stereocenters. The Morgan fingerprint density at radius 1 is 1.46 bits per heavy atom. The summed E-state index contributed by atoms with van der Waals surface area (Å²) in [7, 11) is 0. The molecule has 68 valence electrons. The van der Waals surface area contributed by atoms with E-state index < -0.39 is 5.97 Å². The summed E-state index contributed by atoms with van der Waals surface area (Å²) in [6.45, 7) is 1.42. The van der Waals surface area contributed by atoms with Crippen LogP contribution in [-0.2, 0) is 4.74 Å². The first-order valence-electron chi connectivity index (χ1n) is 4.18. The van der Waals surface area contributed by atoms with Crippen molar-refractivity contribution in [2.45, 2.75) is 5.92 Å². The summed E-state index contributed by atoms with van der Waals surface area (Å²) >= 11 is 0. The van der Waals surface area contributed by atoms with E-state index in [4.69, 9.17) is 9.84 Å². The molecule has 3 heteroatoms. The normalized spacial score (nSPS) is 16.6. The fourth-order valence-corrected chi connectivity index (χ4v) is 1.35. The fraction of sp³-hybridized carbons (Fsp3) is 0.300. The molecule has 1 aliphatic heterocycles. The van der Waals surface area contributed by atoms with E-state index in [-0.39, 0.29) is 0 Å². The Morgan fingerprint density at radius 2 is 2.23 bits per heavy atom. The minimum absolute atomic E-state index is 0.351. The lowest BCUT2D eigenvalue weighted by atomic mass is 9.96. The van der Waals surface area contributed by atoms with Crippen LogP contribution in [0.4, 0.5) is 0 Å². The predicted octanol–water partition coefficient (Wildman–Crippen LogP) is 1.50. The second-order valence-electron chi connectivity index (χ2n) is 3.16. The molecule has 0 unspecified atom stereocenters. The van der Waals surface area contributed by atoms with Crippen LogP contribution < -0.4 is 0 Å². The van der Waals surface area contributed by atoms with Crippen molar-refractivity contribution in [1.82, 2.24) is 0 Å². The van der Waals surface area contributed by atoms with E-state index in [0.29, 0.717) is 24.7 Å². The van der Waals surface area contributed by atoms with Crippen LogP contribution in [0.25, 0.3) is 0 Å². The first kappa shape index (κ1) is 8.26. The lowest BCUT2D eigenvalue weighted by molar-refractivity contribution is 0.00836. The molecule has 1 N–H and O–H groups in total. The average molecular weight is 178 g/mol. The molecule has 1 saturated heterocycles. The first-order valence-corrected chi connectivity index (χ1v) is 4.18. The van der Waals surface area contributed by atoms with Gasteiger partial charge in [0.05, 0.1) is 18.8 Å². The number of aromatic carboxylic acids is 1. The average Bonchev–Trinajstić information content (AvgIpc) is 2.01. The third kappa shape index (κ3) is 1.55. The van der Waals surface area contributed by atoms with Gasteiger partial charge in [-0.05, 0) is 17.7 Å². The monoisotopic (exact) mass is 178 g/mol. The van der Waals surface area contributed by atoms with Crippen molar-refractivity contribution in [2.24, 2.45) is 0 Å². The van der Waals surface area contributed by atoms with Crippen molar-refractivity contribution < 1.29 is 14.6 Å². The zero-order valence-electron chi connectivity index (χ0n) is 7.06. The Kier molecular flexibility index (Phi) is 2.02. The van der Waals surface area contributed by atoms with Gasteiger partial charge in [0.15, 0.2) is 0 Å². The maximum Gasteiger partial charge on any atom is 0.335 e. The highest BCUT2D eigenvalue weighted by molar-refractivity contribution is 5.87. The van der Waals surface area contributed by atoms with Crippen LogP contribution in [0.15, 0.2) is 24.3 Å². The number of hydrogen-bond donors (Lipinski definition) is 1. The molecule has 0 amide bonds. The molecule has 0 aromatic heterocycles. The topological polar surface area (TPSA) is 46.5 Å². The number of carboxylic acids is 1. The number of benzene rings is 1. The molecule has 0 spiro atoms. The minimum atomic E-state index is -0.873. The largest absolute Gasteiger partial charge is 0.478 e. The number of rotatable bonds is 2. The lowest BCUT2D eigenvalue weighted by Crippen LogP contribution is -2.25. The molecule has 1 aromatic carbocycles. The summed E-state index contributed by atoms with van der Waals surface area (Å²) in [6.07, 6.45) is 0. The smallest absolute Gasteiger partial charge is 0.335 e. The fourth-order valence-electron chi connectivity index (χ4n) is 1.35.